The number of nitrogens with one attached hydrogen (secondary N) is 1. The molecule has 0 spiro atoms. The topological polar surface area (TPSA) is 79.0 Å². The molecule has 7 heteroatoms. The van der Waals surface area contributed by atoms with Gasteiger partial charge in [-0.1, -0.05) is 13.8 Å². The van der Waals surface area contributed by atoms with E-state index in [1.54, 1.807) is 9.80 Å². The van der Waals surface area contributed by atoms with Crippen molar-refractivity contribution in [1.82, 2.24) is 15.1 Å². The third-order valence-electron chi connectivity index (χ3n) is 3.70. The van der Waals surface area contributed by atoms with E-state index in [4.69, 9.17) is 4.74 Å². The van der Waals surface area contributed by atoms with Crippen molar-refractivity contribution < 1.29 is 19.1 Å². The molecule has 118 valence electrons. The highest BCUT2D eigenvalue weighted by molar-refractivity contribution is 5.89. The van der Waals surface area contributed by atoms with E-state index in [1.165, 1.54) is 0 Å². The van der Waals surface area contributed by atoms with Crippen LogP contribution >= 0.6 is 0 Å². The fourth-order valence-electron chi connectivity index (χ4n) is 2.65. The first-order valence-corrected chi connectivity index (χ1v) is 7.44. The van der Waals surface area contributed by atoms with E-state index >= 15 is 0 Å². The number of nitrogens with zero attached hydrogens (tertiary/aromatic N) is 2. The molecule has 0 radical (unpaired) electrons. The van der Waals surface area contributed by atoms with Gasteiger partial charge in [-0.05, 0) is 5.92 Å². The summed E-state index contributed by atoms with van der Waals surface area (Å²) in [5.74, 6) is 0.0628. The molecule has 2 rings (SSSR count). The molecule has 0 aromatic carbocycles. The molecule has 0 aliphatic carbocycles. The second kappa shape index (κ2) is 6.78. The molecule has 2 fully saturated rings. The number of hydrogen-bond donors (Lipinski definition) is 1. The zero-order valence-electron chi connectivity index (χ0n) is 12.6. The Bertz CT molecular complexity index is 424. The molecular weight excluding hydrogens is 274 g/mol. The molecule has 0 bridgehead atoms. The van der Waals surface area contributed by atoms with Gasteiger partial charge in [0.05, 0.1) is 12.5 Å². The Labute approximate surface area is 124 Å². The van der Waals surface area contributed by atoms with Crippen LogP contribution < -0.4 is 5.32 Å². The second-order valence-corrected chi connectivity index (χ2v) is 5.99. The second-order valence-electron chi connectivity index (χ2n) is 5.99. The van der Waals surface area contributed by atoms with Crippen LogP contribution in [0.15, 0.2) is 0 Å². The van der Waals surface area contributed by atoms with E-state index in [0.29, 0.717) is 45.2 Å². The van der Waals surface area contributed by atoms with Gasteiger partial charge in [0.1, 0.15) is 6.61 Å². The van der Waals surface area contributed by atoms with Gasteiger partial charge in [-0.25, -0.2) is 4.79 Å². The van der Waals surface area contributed by atoms with Gasteiger partial charge in [-0.2, -0.15) is 0 Å². The lowest BCUT2D eigenvalue weighted by Gasteiger charge is -2.19. The first-order chi connectivity index (χ1) is 9.97. The molecule has 2 aliphatic heterocycles. The van der Waals surface area contributed by atoms with Crippen LogP contribution in [0.5, 0.6) is 0 Å². The van der Waals surface area contributed by atoms with Crippen molar-refractivity contribution in [3.63, 3.8) is 0 Å². The zero-order valence-corrected chi connectivity index (χ0v) is 12.6. The summed E-state index contributed by atoms with van der Waals surface area (Å²) in [5, 5.41) is 2.80. The average Bonchev–Trinajstić information content (AvgIpc) is 2.97. The lowest BCUT2D eigenvalue weighted by atomic mass is 10.1. The van der Waals surface area contributed by atoms with E-state index in [1.807, 2.05) is 0 Å². The van der Waals surface area contributed by atoms with Crippen LogP contribution in [-0.2, 0) is 14.3 Å². The normalized spacial score (nSPS) is 22.1. The van der Waals surface area contributed by atoms with Crippen LogP contribution in [0.1, 0.15) is 20.3 Å². The SMILES string of the molecule is CC(C)CN1C[C@@H](C(=O)NCCN2CCOC2=O)CC1=O. The molecule has 2 aliphatic rings. The minimum Gasteiger partial charge on any atom is -0.448 e. The van der Waals surface area contributed by atoms with E-state index in [-0.39, 0.29) is 30.2 Å². The number of amides is 3. The summed E-state index contributed by atoms with van der Waals surface area (Å²) in [6, 6.07) is 0. The molecule has 2 saturated heterocycles. The molecule has 1 N–H and O–H groups in total. The zero-order chi connectivity index (χ0) is 15.4. The predicted octanol–water partition coefficient (Wildman–Crippen LogP) is 0.0593. The Morgan fingerprint density at radius 2 is 2.14 bits per heavy atom. The van der Waals surface area contributed by atoms with Crippen LogP contribution in [0, 0.1) is 11.8 Å². The van der Waals surface area contributed by atoms with Crippen LogP contribution in [-0.4, -0.2) is 67.0 Å². The minimum absolute atomic E-state index is 0.0481. The number of hydrogen-bond acceptors (Lipinski definition) is 4. The number of carbonyl (C=O) groups excluding carboxylic acids is 3. The number of ether oxygens (including phenoxy) is 1. The first kappa shape index (κ1) is 15.6. The summed E-state index contributed by atoms with van der Waals surface area (Å²) in [7, 11) is 0. The van der Waals surface area contributed by atoms with Gasteiger partial charge < -0.3 is 19.9 Å². The molecule has 2 heterocycles. The maximum absolute atomic E-state index is 12.1. The third kappa shape index (κ3) is 4.09. The monoisotopic (exact) mass is 297 g/mol. The maximum Gasteiger partial charge on any atom is 0.409 e. The third-order valence-corrected chi connectivity index (χ3v) is 3.70. The van der Waals surface area contributed by atoms with Crippen LogP contribution in [0.2, 0.25) is 0 Å². The fraction of sp³-hybridized carbons (Fsp3) is 0.786. The van der Waals surface area contributed by atoms with Crippen LogP contribution in [0.3, 0.4) is 0 Å². The van der Waals surface area contributed by atoms with Crippen molar-refractivity contribution in [2.45, 2.75) is 20.3 Å². The standard InChI is InChI=1S/C14H23N3O4/c1-10(2)8-17-9-11(7-12(17)18)13(19)15-3-4-16-5-6-21-14(16)20/h10-11H,3-9H2,1-2H3,(H,15,19)/t11-/m0/s1. The molecular formula is C14H23N3O4. The predicted molar refractivity (Wildman–Crippen MR) is 75.5 cm³/mol. The Morgan fingerprint density at radius 1 is 1.38 bits per heavy atom. The van der Waals surface area contributed by atoms with Gasteiger partial charge in [0.25, 0.3) is 0 Å². The number of cyclic esters (lactones) is 1. The maximum atomic E-state index is 12.1. The van der Waals surface area contributed by atoms with E-state index in [0.717, 1.165) is 0 Å². The Balaban J connectivity index is 1.71. The largest absolute Gasteiger partial charge is 0.448 e. The molecule has 0 saturated carbocycles. The molecule has 3 amide bonds. The Hall–Kier alpha value is -1.79. The van der Waals surface area contributed by atoms with Gasteiger partial charge >= 0.3 is 6.09 Å². The van der Waals surface area contributed by atoms with Gasteiger partial charge in [0.15, 0.2) is 0 Å². The first-order valence-electron chi connectivity index (χ1n) is 7.44. The van der Waals surface area contributed by atoms with Crippen LogP contribution in [0.4, 0.5) is 4.79 Å². The van der Waals surface area contributed by atoms with E-state index < -0.39 is 0 Å². The van der Waals surface area contributed by atoms with Crippen molar-refractivity contribution >= 4 is 17.9 Å². The van der Waals surface area contributed by atoms with Gasteiger partial charge in [-0.15, -0.1) is 0 Å². The summed E-state index contributed by atoms with van der Waals surface area (Å²) in [6.07, 6.45) is -0.0481. The Morgan fingerprint density at radius 3 is 2.76 bits per heavy atom. The van der Waals surface area contributed by atoms with Crippen molar-refractivity contribution in [2.75, 3.05) is 39.3 Å². The lowest BCUT2D eigenvalue weighted by molar-refractivity contribution is -0.129. The average molecular weight is 297 g/mol. The summed E-state index contributed by atoms with van der Waals surface area (Å²) in [4.78, 5) is 38.4. The molecule has 0 aromatic rings. The minimum atomic E-state index is -0.330. The van der Waals surface area contributed by atoms with E-state index in [9.17, 15) is 14.4 Å². The molecule has 7 nitrogen and oxygen atoms in total. The van der Waals surface area contributed by atoms with Gasteiger partial charge in [0, 0.05) is 32.6 Å². The summed E-state index contributed by atoms with van der Waals surface area (Å²) in [5.41, 5.74) is 0. The lowest BCUT2D eigenvalue weighted by Crippen LogP contribution is -2.39. The number of likely N-dealkylation sites (tertiary alicyclic amines) is 1. The van der Waals surface area contributed by atoms with Crippen molar-refractivity contribution in [2.24, 2.45) is 11.8 Å². The van der Waals surface area contributed by atoms with Crippen molar-refractivity contribution in [3.05, 3.63) is 0 Å². The highest BCUT2D eigenvalue weighted by Gasteiger charge is 2.34. The van der Waals surface area contributed by atoms with Crippen LogP contribution in [0.25, 0.3) is 0 Å². The van der Waals surface area contributed by atoms with E-state index in [2.05, 4.69) is 19.2 Å². The highest BCUT2D eigenvalue weighted by atomic mass is 16.6. The molecule has 21 heavy (non-hydrogen) atoms. The molecule has 0 unspecified atom stereocenters. The smallest absolute Gasteiger partial charge is 0.409 e. The summed E-state index contributed by atoms with van der Waals surface area (Å²) < 4.78 is 4.81. The summed E-state index contributed by atoms with van der Waals surface area (Å²) in [6.45, 7) is 7.11. The fourth-order valence-corrected chi connectivity index (χ4v) is 2.65. The number of rotatable bonds is 6. The highest BCUT2D eigenvalue weighted by Crippen LogP contribution is 2.19. The molecule has 0 aromatic heterocycles. The summed E-state index contributed by atoms with van der Waals surface area (Å²) >= 11 is 0. The van der Waals surface area contributed by atoms with Gasteiger partial charge in [0.2, 0.25) is 11.8 Å². The number of carbonyl (C=O) groups is 3. The van der Waals surface area contributed by atoms with Crippen molar-refractivity contribution in [3.8, 4) is 0 Å². The quantitative estimate of drug-likeness (QED) is 0.752. The van der Waals surface area contributed by atoms with Gasteiger partial charge in [-0.3, -0.25) is 9.59 Å². The van der Waals surface area contributed by atoms with Crippen molar-refractivity contribution in [1.29, 1.82) is 0 Å². The molecule has 1 atom stereocenters. The Kier molecular flexibility index (Phi) is 5.03.